The van der Waals surface area contributed by atoms with Crippen LogP contribution in [0.3, 0.4) is 0 Å². The highest BCUT2D eigenvalue weighted by Gasteiger charge is 2.53. The molecule has 1 heterocycles. The second-order valence-electron chi connectivity index (χ2n) is 5.52. The molecule has 4 heteroatoms. The fourth-order valence-electron chi connectivity index (χ4n) is 2.60. The second kappa shape index (κ2) is 4.99. The van der Waals surface area contributed by atoms with E-state index in [1.165, 1.54) is 37.0 Å². The summed E-state index contributed by atoms with van der Waals surface area (Å²) in [6.07, 6.45) is 5.28. The quantitative estimate of drug-likeness (QED) is 0.825. The molecule has 0 spiro atoms. The molecular weight excluding hydrogens is 256 g/mol. The zero-order valence-corrected chi connectivity index (χ0v) is 11.7. The Labute approximate surface area is 117 Å². The minimum absolute atomic E-state index is 0.0315. The van der Waals surface area contributed by atoms with Crippen LogP contribution in [-0.4, -0.2) is 19.0 Å². The van der Waals surface area contributed by atoms with Crippen LogP contribution in [0.2, 0.25) is 0 Å². The molecule has 2 aliphatic rings. The van der Waals surface area contributed by atoms with Crippen LogP contribution in [0.4, 0.5) is 0 Å². The van der Waals surface area contributed by atoms with Gasteiger partial charge in [-0.05, 0) is 43.1 Å². The first-order valence-electron chi connectivity index (χ1n) is 6.79. The van der Waals surface area contributed by atoms with Gasteiger partial charge in [0.2, 0.25) is 0 Å². The van der Waals surface area contributed by atoms with Gasteiger partial charge in [0.05, 0.1) is 17.0 Å². The number of thiophene rings is 1. The van der Waals surface area contributed by atoms with Crippen molar-refractivity contribution in [1.82, 2.24) is 5.32 Å². The van der Waals surface area contributed by atoms with Crippen molar-refractivity contribution in [2.45, 2.75) is 25.7 Å². The molecule has 100 valence electrons. The van der Waals surface area contributed by atoms with Gasteiger partial charge in [0.25, 0.3) is 5.91 Å². The summed E-state index contributed by atoms with van der Waals surface area (Å²) in [5, 5.41) is 4.95. The zero-order valence-electron chi connectivity index (χ0n) is 10.9. The number of rotatable bonds is 4. The van der Waals surface area contributed by atoms with Gasteiger partial charge >= 0.3 is 0 Å². The molecule has 0 aliphatic heterocycles. The summed E-state index contributed by atoms with van der Waals surface area (Å²) < 4.78 is 0. The lowest BCUT2D eigenvalue weighted by molar-refractivity contribution is 0.0943. The van der Waals surface area contributed by atoms with Gasteiger partial charge in [0.1, 0.15) is 0 Å². The van der Waals surface area contributed by atoms with Crippen LogP contribution in [-0.2, 0) is 0 Å². The Morgan fingerprint density at radius 2 is 2.32 bits per heavy atom. The largest absolute Gasteiger partial charge is 0.351 e. The number of carbonyl (C=O) groups excluding carboxylic acids is 1. The summed E-state index contributed by atoms with van der Waals surface area (Å²) in [6.45, 7) is 1.19. The first-order valence-corrected chi connectivity index (χ1v) is 7.67. The monoisotopic (exact) mass is 274 g/mol. The van der Waals surface area contributed by atoms with Crippen molar-refractivity contribution in [3.05, 3.63) is 21.9 Å². The molecule has 0 saturated heterocycles. The highest BCUT2D eigenvalue weighted by atomic mass is 32.1. The third-order valence-corrected chi connectivity index (χ3v) is 4.96. The second-order valence-corrected chi connectivity index (χ2v) is 6.44. The molecule has 0 aromatic carbocycles. The molecule has 1 aromatic rings. The average molecular weight is 274 g/mol. The third kappa shape index (κ3) is 2.83. The molecule has 0 radical (unpaired) electrons. The van der Waals surface area contributed by atoms with Crippen molar-refractivity contribution in [3.63, 3.8) is 0 Å². The van der Waals surface area contributed by atoms with Crippen LogP contribution in [0.1, 0.15) is 40.9 Å². The van der Waals surface area contributed by atoms with E-state index in [1.54, 1.807) is 0 Å². The molecule has 0 bridgehead atoms. The van der Waals surface area contributed by atoms with Gasteiger partial charge in [-0.15, -0.1) is 11.3 Å². The molecular formula is C15H18N2OS. The maximum atomic E-state index is 12.1. The number of hydrogen-bond donors (Lipinski definition) is 2. The van der Waals surface area contributed by atoms with E-state index in [1.807, 2.05) is 11.4 Å². The summed E-state index contributed by atoms with van der Waals surface area (Å²) in [7, 11) is 0. The molecule has 2 fully saturated rings. The maximum Gasteiger partial charge on any atom is 0.252 e. The lowest BCUT2D eigenvalue weighted by Crippen LogP contribution is -2.30. The number of carbonyl (C=O) groups is 1. The number of amides is 1. The topological polar surface area (TPSA) is 55.1 Å². The molecule has 2 aliphatic carbocycles. The zero-order chi connectivity index (χ0) is 13.3. The highest BCUT2D eigenvalue weighted by Crippen LogP contribution is 2.60. The van der Waals surface area contributed by atoms with Crippen molar-refractivity contribution >= 4 is 17.2 Å². The van der Waals surface area contributed by atoms with Crippen LogP contribution < -0.4 is 11.1 Å². The Balaban J connectivity index is 1.56. The Bertz CT molecular complexity index is 544. The molecule has 19 heavy (non-hydrogen) atoms. The average Bonchev–Trinajstić information content (AvgIpc) is 3.31. The van der Waals surface area contributed by atoms with Gasteiger partial charge in [-0.25, -0.2) is 0 Å². The van der Waals surface area contributed by atoms with Gasteiger partial charge in [0.15, 0.2) is 0 Å². The van der Waals surface area contributed by atoms with E-state index >= 15 is 0 Å². The van der Waals surface area contributed by atoms with Gasteiger partial charge in [-0.2, -0.15) is 0 Å². The number of nitrogens with two attached hydrogens (primary N) is 1. The van der Waals surface area contributed by atoms with E-state index < -0.39 is 0 Å². The Hall–Kier alpha value is -1.31. The predicted molar refractivity (Wildman–Crippen MR) is 77.0 cm³/mol. The van der Waals surface area contributed by atoms with Gasteiger partial charge in [-0.3, -0.25) is 4.79 Å². The minimum atomic E-state index is 0.0315. The number of hydrogen-bond acceptors (Lipinski definition) is 3. The number of nitrogens with one attached hydrogen (secondary N) is 1. The molecule has 2 saturated carbocycles. The first kappa shape index (κ1) is 12.7. The van der Waals surface area contributed by atoms with Crippen molar-refractivity contribution in [1.29, 1.82) is 0 Å². The molecule has 0 atom stereocenters. The Morgan fingerprint density at radius 1 is 1.53 bits per heavy atom. The van der Waals surface area contributed by atoms with Crippen LogP contribution in [0, 0.1) is 23.2 Å². The minimum Gasteiger partial charge on any atom is -0.351 e. The Morgan fingerprint density at radius 3 is 2.95 bits per heavy atom. The van der Waals surface area contributed by atoms with Crippen molar-refractivity contribution in [3.8, 4) is 11.8 Å². The molecule has 3 N–H and O–H groups in total. The molecule has 0 unspecified atom stereocenters. The van der Waals surface area contributed by atoms with Crippen molar-refractivity contribution in [2.75, 3.05) is 13.1 Å². The first-order chi connectivity index (χ1) is 9.23. The molecule has 3 rings (SSSR count). The van der Waals surface area contributed by atoms with Crippen molar-refractivity contribution < 1.29 is 4.79 Å². The van der Waals surface area contributed by atoms with E-state index in [9.17, 15) is 4.79 Å². The normalized spacial score (nSPS) is 19.4. The summed E-state index contributed by atoms with van der Waals surface area (Å²) in [5.74, 6) is 6.67. The van der Waals surface area contributed by atoms with Crippen LogP contribution in [0.15, 0.2) is 11.4 Å². The van der Waals surface area contributed by atoms with Crippen LogP contribution in [0.25, 0.3) is 0 Å². The summed E-state index contributed by atoms with van der Waals surface area (Å²) >= 11 is 1.50. The SMILES string of the molecule is NCC#Cc1cc(C(=O)NCC2(C3CC3)CC2)cs1. The highest BCUT2D eigenvalue weighted by molar-refractivity contribution is 7.10. The molecule has 1 aromatic heterocycles. The maximum absolute atomic E-state index is 12.1. The fraction of sp³-hybridized carbons (Fsp3) is 0.533. The van der Waals surface area contributed by atoms with Crippen LogP contribution in [0.5, 0.6) is 0 Å². The van der Waals surface area contributed by atoms with Gasteiger partial charge < -0.3 is 11.1 Å². The smallest absolute Gasteiger partial charge is 0.252 e. The lowest BCUT2D eigenvalue weighted by Gasteiger charge is -2.14. The lowest BCUT2D eigenvalue weighted by atomic mass is 10.0. The van der Waals surface area contributed by atoms with E-state index in [0.717, 1.165) is 22.9 Å². The molecule has 1 amide bonds. The van der Waals surface area contributed by atoms with Gasteiger partial charge in [-0.1, -0.05) is 11.8 Å². The summed E-state index contributed by atoms with van der Waals surface area (Å²) in [5.41, 5.74) is 6.50. The fourth-order valence-corrected chi connectivity index (χ4v) is 3.36. The van der Waals surface area contributed by atoms with E-state index in [2.05, 4.69) is 17.2 Å². The van der Waals surface area contributed by atoms with Crippen molar-refractivity contribution in [2.24, 2.45) is 17.1 Å². The van der Waals surface area contributed by atoms with E-state index in [0.29, 0.717) is 12.0 Å². The van der Waals surface area contributed by atoms with E-state index in [4.69, 9.17) is 5.73 Å². The van der Waals surface area contributed by atoms with Gasteiger partial charge in [0, 0.05) is 11.9 Å². The van der Waals surface area contributed by atoms with E-state index in [-0.39, 0.29) is 5.91 Å². The summed E-state index contributed by atoms with van der Waals surface area (Å²) in [6, 6.07) is 1.85. The third-order valence-electron chi connectivity index (χ3n) is 4.11. The predicted octanol–water partition coefficient (Wildman–Crippen LogP) is 1.98. The standard InChI is InChI=1S/C15H18N2OS/c16-7-1-2-13-8-11(9-19-13)14(18)17-10-15(5-6-15)12-3-4-12/h8-9,12H,3-7,10,16H2,(H,17,18). The molecule has 3 nitrogen and oxygen atoms in total. The summed E-state index contributed by atoms with van der Waals surface area (Å²) in [4.78, 5) is 13.0. The Kier molecular flexibility index (Phi) is 3.34. The van der Waals surface area contributed by atoms with Crippen LogP contribution >= 0.6 is 11.3 Å².